The average molecular weight is 379 g/mol. The summed E-state index contributed by atoms with van der Waals surface area (Å²) in [5.41, 5.74) is 3.96. The van der Waals surface area contributed by atoms with Crippen LogP contribution in [-0.2, 0) is 17.8 Å². The lowest BCUT2D eigenvalue weighted by molar-refractivity contribution is -0.136. The van der Waals surface area contributed by atoms with Crippen LogP contribution < -0.4 is 10.1 Å². The van der Waals surface area contributed by atoms with E-state index < -0.39 is 5.97 Å². The first-order valence-corrected chi connectivity index (χ1v) is 9.24. The summed E-state index contributed by atoms with van der Waals surface area (Å²) in [6.07, 6.45) is 1.18. The Balaban J connectivity index is 1.43. The minimum absolute atomic E-state index is 0.109. The number of fused-ring (bicyclic) bond motifs is 1. The van der Waals surface area contributed by atoms with Crippen molar-refractivity contribution >= 4 is 5.97 Å². The minimum atomic E-state index is -0.804. The van der Waals surface area contributed by atoms with E-state index in [1.54, 1.807) is 0 Å². The molecule has 0 aliphatic carbocycles. The monoisotopic (exact) mass is 379 g/mol. The SMILES string of the molecule is CC1Cc2cc(-c3nc(-c4ccc(CNCCC(=O)O)cc4)no3)ccc2O1. The molecule has 2 heterocycles. The van der Waals surface area contributed by atoms with E-state index >= 15 is 0 Å². The topological polar surface area (TPSA) is 97.5 Å². The molecule has 0 spiro atoms. The van der Waals surface area contributed by atoms with E-state index in [1.165, 1.54) is 0 Å². The van der Waals surface area contributed by atoms with Crippen LogP contribution in [0.4, 0.5) is 0 Å². The lowest BCUT2D eigenvalue weighted by Crippen LogP contribution is -2.17. The maximum absolute atomic E-state index is 10.5. The van der Waals surface area contributed by atoms with Gasteiger partial charge in [-0.1, -0.05) is 29.4 Å². The fourth-order valence-electron chi connectivity index (χ4n) is 3.21. The van der Waals surface area contributed by atoms with Gasteiger partial charge < -0.3 is 19.7 Å². The van der Waals surface area contributed by atoms with Crippen molar-refractivity contribution in [3.05, 3.63) is 53.6 Å². The third-order valence-corrected chi connectivity index (χ3v) is 4.63. The highest BCUT2D eigenvalue weighted by molar-refractivity contribution is 5.66. The van der Waals surface area contributed by atoms with Gasteiger partial charge in [-0.15, -0.1) is 0 Å². The van der Waals surface area contributed by atoms with Gasteiger partial charge in [0.15, 0.2) is 0 Å². The summed E-state index contributed by atoms with van der Waals surface area (Å²) in [7, 11) is 0. The first-order valence-electron chi connectivity index (χ1n) is 9.24. The Bertz CT molecular complexity index is 982. The molecule has 3 aromatic rings. The molecule has 4 rings (SSSR count). The minimum Gasteiger partial charge on any atom is -0.490 e. The molecule has 1 atom stereocenters. The van der Waals surface area contributed by atoms with Crippen LogP contribution in [0, 0.1) is 0 Å². The third kappa shape index (κ3) is 4.04. The summed E-state index contributed by atoms with van der Waals surface area (Å²) in [5.74, 6) is 1.13. The Kier molecular flexibility index (Phi) is 5.08. The normalized spacial score (nSPS) is 15.2. The van der Waals surface area contributed by atoms with Gasteiger partial charge in [-0.2, -0.15) is 4.98 Å². The van der Waals surface area contributed by atoms with Crippen molar-refractivity contribution in [3.8, 4) is 28.6 Å². The van der Waals surface area contributed by atoms with Gasteiger partial charge >= 0.3 is 5.97 Å². The van der Waals surface area contributed by atoms with Crippen LogP contribution in [0.1, 0.15) is 24.5 Å². The molecule has 0 saturated carbocycles. The first-order chi connectivity index (χ1) is 13.6. The van der Waals surface area contributed by atoms with E-state index in [0.29, 0.717) is 24.8 Å². The van der Waals surface area contributed by atoms with Crippen LogP contribution in [0.15, 0.2) is 47.0 Å². The van der Waals surface area contributed by atoms with Crippen molar-refractivity contribution in [3.63, 3.8) is 0 Å². The lowest BCUT2D eigenvalue weighted by Gasteiger charge is -2.03. The highest BCUT2D eigenvalue weighted by atomic mass is 16.5. The molecule has 0 saturated heterocycles. The average Bonchev–Trinajstić information content (AvgIpc) is 3.31. The maximum Gasteiger partial charge on any atom is 0.304 e. The molecule has 28 heavy (non-hydrogen) atoms. The molecule has 2 aromatic carbocycles. The molecular weight excluding hydrogens is 358 g/mol. The molecule has 1 aliphatic heterocycles. The number of aromatic nitrogens is 2. The van der Waals surface area contributed by atoms with E-state index in [-0.39, 0.29) is 12.5 Å². The van der Waals surface area contributed by atoms with Gasteiger partial charge in [0.25, 0.3) is 5.89 Å². The quantitative estimate of drug-likeness (QED) is 0.608. The zero-order chi connectivity index (χ0) is 19.5. The standard InChI is InChI=1S/C21H21N3O4/c1-13-10-17-11-16(6-7-18(17)27-13)21-23-20(24-28-21)15-4-2-14(3-5-15)12-22-9-8-19(25)26/h2-7,11,13,22H,8-10,12H2,1H3,(H,25,26). The fraction of sp³-hybridized carbons (Fsp3) is 0.286. The molecular formula is C21H21N3O4. The van der Waals surface area contributed by atoms with E-state index in [0.717, 1.165) is 34.4 Å². The van der Waals surface area contributed by atoms with E-state index in [2.05, 4.69) is 22.4 Å². The summed E-state index contributed by atoms with van der Waals surface area (Å²) in [6, 6.07) is 13.7. The molecule has 1 aromatic heterocycles. The zero-order valence-corrected chi connectivity index (χ0v) is 15.5. The largest absolute Gasteiger partial charge is 0.490 e. The Morgan fingerprint density at radius 3 is 2.79 bits per heavy atom. The van der Waals surface area contributed by atoms with Crippen molar-refractivity contribution in [2.24, 2.45) is 0 Å². The van der Waals surface area contributed by atoms with Gasteiger partial charge in [-0.25, -0.2) is 0 Å². The third-order valence-electron chi connectivity index (χ3n) is 4.63. The number of carboxylic acid groups (broad SMARTS) is 1. The maximum atomic E-state index is 10.5. The van der Waals surface area contributed by atoms with Crippen molar-refractivity contribution in [1.29, 1.82) is 0 Å². The van der Waals surface area contributed by atoms with E-state index in [4.69, 9.17) is 14.4 Å². The second-order valence-corrected chi connectivity index (χ2v) is 6.90. The van der Waals surface area contributed by atoms with Crippen LogP contribution in [0.2, 0.25) is 0 Å². The van der Waals surface area contributed by atoms with Crippen molar-refractivity contribution in [2.45, 2.75) is 32.4 Å². The van der Waals surface area contributed by atoms with Gasteiger partial charge in [0.2, 0.25) is 5.82 Å². The lowest BCUT2D eigenvalue weighted by atomic mass is 10.1. The Morgan fingerprint density at radius 1 is 1.21 bits per heavy atom. The van der Waals surface area contributed by atoms with Crippen molar-refractivity contribution in [2.75, 3.05) is 6.54 Å². The van der Waals surface area contributed by atoms with Gasteiger partial charge in [0.1, 0.15) is 11.9 Å². The molecule has 0 amide bonds. The van der Waals surface area contributed by atoms with Crippen LogP contribution >= 0.6 is 0 Å². The molecule has 2 N–H and O–H groups in total. The number of rotatable bonds is 7. The summed E-state index contributed by atoms with van der Waals surface area (Å²) in [5, 5.41) is 15.8. The number of nitrogens with one attached hydrogen (secondary N) is 1. The summed E-state index contributed by atoms with van der Waals surface area (Å²) in [4.78, 5) is 15.0. The molecule has 144 valence electrons. The van der Waals surface area contributed by atoms with E-state index in [9.17, 15) is 4.79 Å². The number of carboxylic acids is 1. The Labute approximate surface area is 162 Å². The van der Waals surface area contributed by atoms with Gasteiger partial charge in [0.05, 0.1) is 6.42 Å². The summed E-state index contributed by atoms with van der Waals surface area (Å²) >= 11 is 0. The highest BCUT2D eigenvalue weighted by Crippen LogP contribution is 2.32. The van der Waals surface area contributed by atoms with Gasteiger partial charge in [0, 0.05) is 30.6 Å². The summed E-state index contributed by atoms with van der Waals surface area (Å²) < 4.78 is 11.2. The molecule has 1 unspecified atom stereocenters. The van der Waals surface area contributed by atoms with Gasteiger partial charge in [-0.05, 0) is 36.2 Å². The number of aliphatic carboxylic acids is 1. The predicted octanol–water partition coefficient (Wildman–Crippen LogP) is 3.29. The van der Waals surface area contributed by atoms with Crippen LogP contribution in [0.3, 0.4) is 0 Å². The number of carbonyl (C=O) groups is 1. The number of ether oxygens (including phenoxy) is 1. The number of benzene rings is 2. The first kappa shape index (κ1) is 18.2. The molecule has 0 fully saturated rings. The zero-order valence-electron chi connectivity index (χ0n) is 15.5. The number of hydrogen-bond acceptors (Lipinski definition) is 6. The fourth-order valence-corrected chi connectivity index (χ4v) is 3.21. The Morgan fingerprint density at radius 2 is 2.00 bits per heavy atom. The smallest absolute Gasteiger partial charge is 0.304 e. The van der Waals surface area contributed by atoms with Gasteiger partial charge in [-0.3, -0.25) is 4.79 Å². The number of hydrogen-bond donors (Lipinski definition) is 2. The molecule has 1 aliphatic rings. The Hall–Kier alpha value is -3.19. The van der Waals surface area contributed by atoms with Crippen LogP contribution in [0.5, 0.6) is 5.75 Å². The van der Waals surface area contributed by atoms with Crippen molar-refractivity contribution in [1.82, 2.24) is 15.5 Å². The summed E-state index contributed by atoms with van der Waals surface area (Å²) in [6.45, 7) is 3.10. The molecule has 0 bridgehead atoms. The van der Waals surface area contributed by atoms with E-state index in [1.807, 2.05) is 42.5 Å². The van der Waals surface area contributed by atoms with Crippen LogP contribution in [-0.4, -0.2) is 33.9 Å². The van der Waals surface area contributed by atoms with Crippen molar-refractivity contribution < 1.29 is 19.2 Å². The second kappa shape index (κ2) is 7.82. The second-order valence-electron chi connectivity index (χ2n) is 6.90. The molecule has 7 nitrogen and oxygen atoms in total. The predicted molar refractivity (Wildman–Crippen MR) is 103 cm³/mol. The highest BCUT2D eigenvalue weighted by Gasteiger charge is 2.20. The molecule has 0 radical (unpaired) electrons. The molecule has 7 heteroatoms. The van der Waals surface area contributed by atoms with Crippen LogP contribution in [0.25, 0.3) is 22.8 Å². The number of nitrogens with zero attached hydrogens (tertiary/aromatic N) is 2.